The van der Waals surface area contributed by atoms with Gasteiger partial charge in [0.25, 0.3) is 4.84 Å². The second-order valence-electron chi connectivity index (χ2n) is 7.49. The maximum Gasteiger partial charge on any atom is 0.270 e. The predicted octanol–water partition coefficient (Wildman–Crippen LogP) is 3.57. The van der Waals surface area contributed by atoms with E-state index in [-0.39, 0.29) is 4.84 Å². The zero-order valence-corrected chi connectivity index (χ0v) is 17.5. The van der Waals surface area contributed by atoms with Crippen molar-refractivity contribution in [2.45, 2.75) is 37.9 Å². The molecular formula is C21H24N2O5S. The van der Waals surface area contributed by atoms with Crippen molar-refractivity contribution in [2.24, 2.45) is 0 Å². The van der Waals surface area contributed by atoms with E-state index in [1.54, 1.807) is 25.1 Å². The Balaban J connectivity index is 2.01. The Morgan fingerprint density at radius 1 is 1.21 bits per heavy atom. The highest BCUT2D eigenvalue weighted by Gasteiger charge is 2.53. The van der Waals surface area contributed by atoms with Gasteiger partial charge in [-0.2, -0.15) is 0 Å². The molecule has 7 nitrogen and oxygen atoms in total. The number of methoxy groups -OCH3 is 2. The molecule has 0 amide bonds. The van der Waals surface area contributed by atoms with Crippen molar-refractivity contribution in [1.82, 2.24) is 4.57 Å². The molecule has 1 aliphatic rings. The second-order valence-corrected chi connectivity index (χ2v) is 7.83. The first-order valence-corrected chi connectivity index (χ1v) is 9.64. The number of oxazole rings is 1. The Bertz CT molecular complexity index is 1120. The van der Waals surface area contributed by atoms with Gasteiger partial charge in [0.05, 0.1) is 11.6 Å². The number of hydrogen-bond donors (Lipinski definition) is 2. The third-order valence-electron chi connectivity index (χ3n) is 5.51. The van der Waals surface area contributed by atoms with E-state index in [0.29, 0.717) is 22.6 Å². The Morgan fingerprint density at radius 3 is 2.62 bits per heavy atom. The van der Waals surface area contributed by atoms with Crippen molar-refractivity contribution in [3.63, 3.8) is 0 Å². The molecule has 2 aromatic carbocycles. The summed E-state index contributed by atoms with van der Waals surface area (Å²) in [6.07, 6.45) is -1.89. The van der Waals surface area contributed by atoms with Crippen LogP contribution in [-0.2, 0) is 9.47 Å². The normalized spacial score (nSPS) is 23.9. The number of aryl methyl sites for hydroxylation is 1. The average Bonchev–Trinajstić information content (AvgIpc) is 2.99. The number of anilines is 1. The zero-order valence-electron chi connectivity index (χ0n) is 16.7. The van der Waals surface area contributed by atoms with Gasteiger partial charge in [0, 0.05) is 25.5 Å². The minimum atomic E-state index is -1.21. The van der Waals surface area contributed by atoms with Gasteiger partial charge in [0.2, 0.25) is 0 Å². The van der Waals surface area contributed by atoms with Crippen molar-refractivity contribution in [3.05, 3.63) is 52.4 Å². The fraction of sp³-hybridized carbons (Fsp3) is 0.381. The molecule has 4 rings (SSSR count). The van der Waals surface area contributed by atoms with Crippen LogP contribution < -0.4 is 10.5 Å². The summed E-state index contributed by atoms with van der Waals surface area (Å²) in [5.41, 5.74) is 8.58. The van der Waals surface area contributed by atoms with Crippen LogP contribution in [0.4, 0.5) is 5.69 Å². The highest BCUT2D eigenvalue weighted by molar-refractivity contribution is 7.71. The lowest BCUT2D eigenvalue weighted by molar-refractivity contribution is -0.238. The molecule has 1 aliphatic heterocycles. The van der Waals surface area contributed by atoms with E-state index in [4.69, 9.17) is 36.6 Å². The fourth-order valence-corrected chi connectivity index (χ4v) is 4.41. The number of benzene rings is 2. The molecule has 3 N–H and O–H groups in total. The molecule has 0 spiro atoms. The number of hydrogen-bond acceptors (Lipinski definition) is 7. The number of rotatable bonds is 4. The number of fused-ring (bicyclic) bond motifs is 2. The lowest BCUT2D eigenvalue weighted by atomic mass is 9.84. The van der Waals surface area contributed by atoms with Crippen LogP contribution in [0.5, 0.6) is 5.75 Å². The van der Waals surface area contributed by atoms with Crippen LogP contribution in [0.25, 0.3) is 11.1 Å². The van der Waals surface area contributed by atoms with E-state index in [9.17, 15) is 5.11 Å². The first-order valence-electron chi connectivity index (χ1n) is 9.24. The van der Waals surface area contributed by atoms with Gasteiger partial charge in [-0.1, -0.05) is 6.07 Å². The lowest BCUT2D eigenvalue weighted by Crippen LogP contribution is -2.60. The molecule has 2 heterocycles. The molecule has 0 aliphatic carbocycles. The zero-order chi connectivity index (χ0) is 20.9. The van der Waals surface area contributed by atoms with Gasteiger partial charge in [0.1, 0.15) is 11.9 Å². The van der Waals surface area contributed by atoms with Crippen molar-refractivity contribution in [3.8, 4) is 5.75 Å². The van der Waals surface area contributed by atoms with Crippen LogP contribution in [0, 0.1) is 11.8 Å². The van der Waals surface area contributed by atoms with E-state index >= 15 is 0 Å². The summed E-state index contributed by atoms with van der Waals surface area (Å²) in [6, 6.07) is 10.5. The Kier molecular flexibility index (Phi) is 4.90. The Morgan fingerprint density at radius 2 is 1.93 bits per heavy atom. The summed E-state index contributed by atoms with van der Waals surface area (Å²) >= 11 is 5.54. The largest absolute Gasteiger partial charge is 0.479 e. The molecule has 154 valence electrons. The van der Waals surface area contributed by atoms with Gasteiger partial charge in [-0.3, -0.25) is 4.57 Å². The van der Waals surface area contributed by atoms with Gasteiger partial charge >= 0.3 is 0 Å². The molecule has 8 heteroatoms. The lowest BCUT2D eigenvalue weighted by Gasteiger charge is -2.46. The quantitative estimate of drug-likeness (QED) is 0.382. The molecule has 3 aromatic rings. The Hall–Kier alpha value is -2.39. The minimum Gasteiger partial charge on any atom is -0.479 e. The molecule has 3 atom stereocenters. The molecule has 29 heavy (non-hydrogen) atoms. The Labute approximate surface area is 173 Å². The summed E-state index contributed by atoms with van der Waals surface area (Å²) in [5.74, 6) is 0.569. The first kappa shape index (κ1) is 19.9. The highest BCUT2D eigenvalue weighted by Crippen LogP contribution is 2.46. The molecule has 0 bridgehead atoms. The number of aromatic nitrogens is 1. The van der Waals surface area contributed by atoms with E-state index < -0.39 is 24.0 Å². The predicted molar refractivity (Wildman–Crippen MR) is 112 cm³/mol. The van der Waals surface area contributed by atoms with Crippen molar-refractivity contribution in [2.75, 3.05) is 20.0 Å². The fourth-order valence-electron chi connectivity index (χ4n) is 4.11. The number of ether oxygens (including phenoxy) is 3. The van der Waals surface area contributed by atoms with Gasteiger partial charge < -0.3 is 29.5 Å². The minimum absolute atomic E-state index is 0.249. The molecular weight excluding hydrogens is 392 g/mol. The average molecular weight is 416 g/mol. The van der Waals surface area contributed by atoms with Crippen LogP contribution in [0.1, 0.15) is 24.1 Å². The first-order chi connectivity index (χ1) is 13.8. The maximum absolute atomic E-state index is 11.5. The number of nitrogens with two attached hydrogens (primary N) is 1. The van der Waals surface area contributed by atoms with Crippen LogP contribution in [0.15, 0.2) is 40.8 Å². The third-order valence-corrected chi connectivity index (χ3v) is 5.79. The number of aliphatic hydroxyl groups is 1. The van der Waals surface area contributed by atoms with Crippen molar-refractivity contribution in [1.29, 1.82) is 0 Å². The molecule has 0 unspecified atom stereocenters. The topological polar surface area (TPSA) is 92.0 Å². The molecule has 0 fully saturated rings. The monoisotopic (exact) mass is 416 g/mol. The molecule has 1 aromatic heterocycles. The van der Waals surface area contributed by atoms with Crippen LogP contribution in [0.3, 0.4) is 0 Å². The smallest absolute Gasteiger partial charge is 0.270 e. The van der Waals surface area contributed by atoms with Gasteiger partial charge in [-0.15, -0.1) is 0 Å². The van der Waals surface area contributed by atoms with E-state index in [2.05, 4.69) is 0 Å². The summed E-state index contributed by atoms with van der Waals surface area (Å²) in [6.45, 7) is 3.74. The second kappa shape index (κ2) is 7.14. The number of nitrogen functional groups attached to an aromatic ring is 1. The van der Waals surface area contributed by atoms with Crippen LogP contribution in [-0.4, -0.2) is 41.9 Å². The summed E-state index contributed by atoms with van der Waals surface area (Å²) in [5, 5.41) is 11.5. The highest BCUT2D eigenvalue weighted by atomic mass is 32.1. The summed E-state index contributed by atoms with van der Waals surface area (Å²) < 4.78 is 24.8. The van der Waals surface area contributed by atoms with E-state index in [1.807, 2.05) is 29.7 Å². The SMILES string of the molecule is COC(OC)[C@]1(C)Oc2ccc(N)cc2[C@H](n2c(=S)oc3ccc(C)cc32)[C@H]1O. The van der Waals surface area contributed by atoms with Gasteiger partial charge in [0.15, 0.2) is 17.5 Å². The number of aliphatic hydroxyl groups excluding tert-OH is 1. The van der Waals surface area contributed by atoms with E-state index in [0.717, 1.165) is 11.1 Å². The molecule has 0 saturated carbocycles. The third kappa shape index (κ3) is 3.03. The standard InChI is InChI=1S/C21H24N2O5S/c1-11-5-7-16-14(9-11)23(20(29)27-16)17-13-10-12(22)6-8-15(13)28-21(2,18(17)24)19(25-3)26-4/h5-10,17-19,24H,22H2,1-4H3/t17-,18+,21+/m0/s1. The van der Waals surface area contributed by atoms with Gasteiger partial charge in [-0.25, -0.2) is 0 Å². The number of nitrogens with zero attached hydrogens (tertiary/aromatic N) is 1. The van der Waals surface area contributed by atoms with Crippen LogP contribution >= 0.6 is 12.2 Å². The summed E-state index contributed by atoms with van der Waals surface area (Å²) in [7, 11) is 3.01. The molecule has 0 saturated heterocycles. The maximum atomic E-state index is 11.5. The van der Waals surface area contributed by atoms with Gasteiger partial charge in [-0.05, 0) is 62.0 Å². The van der Waals surface area contributed by atoms with Crippen LogP contribution in [0.2, 0.25) is 0 Å². The molecule has 0 radical (unpaired) electrons. The van der Waals surface area contributed by atoms with E-state index in [1.165, 1.54) is 14.2 Å². The van der Waals surface area contributed by atoms with Crippen molar-refractivity contribution >= 4 is 29.0 Å². The summed E-state index contributed by atoms with van der Waals surface area (Å²) in [4.78, 5) is 0.249. The van der Waals surface area contributed by atoms with Crippen molar-refractivity contribution < 1.29 is 23.7 Å².